The molecule has 0 spiro atoms. The van der Waals surface area contributed by atoms with Gasteiger partial charge in [0.25, 0.3) is 0 Å². The van der Waals surface area contributed by atoms with Crippen molar-refractivity contribution in [1.82, 2.24) is 9.80 Å². The molecule has 0 saturated carbocycles. The number of rotatable bonds is 8. The molecule has 3 rings (SSSR count). The summed E-state index contributed by atoms with van der Waals surface area (Å²) in [6, 6.07) is 11.0. The number of hydrogen-bond acceptors (Lipinski definition) is 6. The first-order valence-corrected chi connectivity index (χ1v) is 10.1. The lowest BCUT2D eigenvalue weighted by atomic mass is 10.1. The maximum absolute atomic E-state index is 12.6. The minimum absolute atomic E-state index is 0.237. The molecular formula is C23H27N3O6. The van der Waals surface area contributed by atoms with Gasteiger partial charge in [-0.3, -0.25) is 14.4 Å². The molecule has 2 aromatic rings. The minimum Gasteiger partial charge on any atom is -0.493 e. The van der Waals surface area contributed by atoms with Crippen LogP contribution in [-0.2, 0) is 20.9 Å². The van der Waals surface area contributed by atoms with Crippen LogP contribution in [0.2, 0.25) is 0 Å². The topological polar surface area (TPSA) is 97.4 Å². The molecular weight excluding hydrogens is 414 g/mol. The fourth-order valence-electron chi connectivity index (χ4n) is 3.57. The molecule has 1 aliphatic heterocycles. The van der Waals surface area contributed by atoms with Crippen molar-refractivity contribution in [3.8, 4) is 17.2 Å². The second-order valence-corrected chi connectivity index (χ2v) is 7.40. The summed E-state index contributed by atoms with van der Waals surface area (Å²) in [5.74, 6) is -0.565. The number of piperazine rings is 1. The molecule has 0 atom stereocenters. The summed E-state index contributed by atoms with van der Waals surface area (Å²) < 4.78 is 15.8. The van der Waals surface area contributed by atoms with E-state index in [0.29, 0.717) is 36.0 Å². The standard InChI is InChI=1S/C23H27N3O6/c1-15-6-5-7-16(10-15)13-25-8-9-26(23(29)22(25)28)14-20(27)24-17-11-18(30-2)21(32-4)19(12-17)31-3/h5-7,10-12H,8-9,13-14H2,1-4H3,(H,24,27). The Labute approximate surface area is 186 Å². The van der Waals surface area contributed by atoms with E-state index in [2.05, 4.69) is 5.32 Å². The van der Waals surface area contributed by atoms with E-state index in [1.165, 1.54) is 31.1 Å². The maximum Gasteiger partial charge on any atom is 0.312 e. The normalized spacial score (nSPS) is 13.8. The number of hydrogen-bond donors (Lipinski definition) is 1. The fourth-order valence-corrected chi connectivity index (χ4v) is 3.57. The SMILES string of the molecule is COc1cc(NC(=O)CN2CCN(Cc3cccc(C)c3)C(=O)C2=O)cc(OC)c1OC. The first kappa shape index (κ1) is 22.9. The van der Waals surface area contributed by atoms with Crippen LogP contribution in [0.5, 0.6) is 17.2 Å². The van der Waals surface area contributed by atoms with Gasteiger partial charge in [0.05, 0.1) is 21.3 Å². The summed E-state index contributed by atoms with van der Waals surface area (Å²) in [6.07, 6.45) is 0. The lowest BCUT2D eigenvalue weighted by molar-refractivity contribution is -0.157. The third-order valence-electron chi connectivity index (χ3n) is 5.14. The summed E-state index contributed by atoms with van der Waals surface area (Å²) in [5.41, 5.74) is 2.46. The van der Waals surface area contributed by atoms with Crippen LogP contribution >= 0.6 is 0 Å². The molecule has 1 N–H and O–H groups in total. The number of carbonyl (C=O) groups is 3. The first-order valence-electron chi connectivity index (χ1n) is 10.1. The van der Waals surface area contributed by atoms with Gasteiger partial charge < -0.3 is 29.3 Å². The Balaban J connectivity index is 1.63. The quantitative estimate of drug-likeness (QED) is 0.628. The third kappa shape index (κ3) is 5.11. The van der Waals surface area contributed by atoms with Gasteiger partial charge in [0.1, 0.15) is 6.54 Å². The number of nitrogens with one attached hydrogen (secondary N) is 1. The Kier molecular flexibility index (Phi) is 7.19. The molecule has 0 bridgehead atoms. The summed E-state index contributed by atoms with van der Waals surface area (Å²) in [5, 5.41) is 2.71. The van der Waals surface area contributed by atoms with Crippen molar-refractivity contribution >= 4 is 23.4 Å². The number of ether oxygens (including phenoxy) is 3. The van der Waals surface area contributed by atoms with Gasteiger partial charge in [-0.15, -0.1) is 0 Å². The lowest BCUT2D eigenvalue weighted by Crippen LogP contribution is -2.55. The monoisotopic (exact) mass is 441 g/mol. The Morgan fingerprint density at radius 1 is 0.938 bits per heavy atom. The number of carbonyl (C=O) groups excluding carboxylic acids is 3. The number of amides is 3. The summed E-state index contributed by atoms with van der Waals surface area (Å²) in [6.45, 7) is 2.73. The van der Waals surface area contributed by atoms with E-state index >= 15 is 0 Å². The van der Waals surface area contributed by atoms with Crippen LogP contribution in [0.15, 0.2) is 36.4 Å². The van der Waals surface area contributed by atoms with Crippen molar-refractivity contribution in [2.24, 2.45) is 0 Å². The predicted octanol–water partition coefficient (Wildman–Crippen LogP) is 1.83. The van der Waals surface area contributed by atoms with Gasteiger partial charge >= 0.3 is 11.8 Å². The average Bonchev–Trinajstić information content (AvgIpc) is 2.78. The van der Waals surface area contributed by atoms with Gasteiger partial charge in [-0.05, 0) is 12.5 Å². The molecule has 9 heteroatoms. The lowest BCUT2D eigenvalue weighted by Gasteiger charge is -2.33. The first-order chi connectivity index (χ1) is 15.4. The summed E-state index contributed by atoms with van der Waals surface area (Å²) in [7, 11) is 4.44. The molecule has 1 heterocycles. The molecule has 2 aromatic carbocycles. The second-order valence-electron chi connectivity index (χ2n) is 7.40. The zero-order chi connectivity index (χ0) is 23.3. The van der Waals surface area contributed by atoms with Crippen molar-refractivity contribution in [1.29, 1.82) is 0 Å². The van der Waals surface area contributed by atoms with Crippen LogP contribution in [0.4, 0.5) is 5.69 Å². The summed E-state index contributed by atoms with van der Waals surface area (Å²) >= 11 is 0. The van der Waals surface area contributed by atoms with Crippen LogP contribution < -0.4 is 19.5 Å². The highest BCUT2D eigenvalue weighted by atomic mass is 16.5. The summed E-state index contributed by atoms with van der Waals surface area (Å²) in [4.78, 5) is 40.4. The molecule has 1 aliphatic rings. The molecule has 0 aromatic heterocycles. The van der Waals surface area contributed by atoms with E-state index in [4.69, 9.17) is 14.2 Å². The van der Waals surface area contributed by atoms with Gasteiger partial charge in [-0.25, -0.2) is 0 Å². The number of aryl methyl sites for hydroxylation is 1. The van der Waals surface area contributed by atoms with Crippen molar-refractivity contribution < 1.29 is 28.6 Å². The van der Waals surface area contributed by atoms with Gasteiger partial charge in [-0.2, -0.15) is 0 Å². The molecule has 32 heavy (non-hydrogen) atoms. The van der Waals surface area contributed by atoms with Crippen LogP contribution in [0.1, 0.15) is 11.1 Å². The predicted molar refractivity (Wildman–Crippen MR) is 118 cm³/mol. The largest absolute Gasteiger partial charge is 0.493 e. The highest BCUT2D eigenvalue weighted by molar-refractivity contribution is 6.35. The Bertz CT molecular complexity index is 998. The Morgan fingerprint density at radius 2 is 1.56 bits per heavy atom. The van der Waals surface area contributed by atoms with E-state index in [1.807, 2.05) is 31.2 Å². The average molecular weight is 441 g/mol. The minimum atomic E-state index is -0.691. The number of nitrogens with zero attached hydrogens (tertiary/aromatic N) is 2. The van der Waals surface area contributed by atoms with Crippen LogP contribution in [0.3, 0.4) is 0 Å². The van der Waals surface area contributed by atoms with Crippen LogP contribution in [-0.4, -0.2) is 68.5 Å². The molecule has 3 amide bonds. The molecule has 0 unspecified atom stereocenters. The van der Waals surface area contributed by atoms with E-state index in [9.17, 15) is 14.4 Å². The number of anilines is 1. The number of benzene rings is 2. The molecule has 9 nitrogen and oxygen atoms in total. The molecule has 1 fully saturated rings. The third-order valence-corrected chi connectivity index (χ3v) is 5.14. The maximum atomic E-state index is 12.6. The second kappa shape index (κ2) is 10.0. The van der Waals surface area contributed by atoms with Gasteiger partial charge in [0.2, 0.25) is 11.7 Å². The highest BCUT2D eigenvalue weighted by Crippen LogP contribution is 2.39. The molecule has 0 radical (unpaired) electrons. The molecule has 170 valence electrons. The van der Waals surface area contributed by atoms with Crippen LogP contribution in [0.25, 0.3) is 0 Å². The van der Waals surface area contributed by atoms with Crippen molar-refractivity contribution in [2.75, 3.05) is 46.3 Å². The zero-order valence-corrected chi connectivity index (χ0v) is 18.6. The smallest absolute Gasteiger partial charge is 0.312 e. The Hall–Kier alpha value is -3.75. The fraction of sp³-hybridized carbons (Fsp3) is 0.348. The van der Waals surface area contributed by atoms with Crippen molar-refractivity contribution in [2.45, 2.75) is 13.5 Å². The van der Waals surface area contributed by atoms with Gasteiger partial charge in [-0.1, -0.05) is 29.8 Å². The van der Waals surface area contributed by atoms with Crippen LogP contribution in [0, 0.1) is 6.92 Å². The van der Waals surface area contributed by atoms with E-state index < -0.39 is 17.7 Å². The van der Waals surface area contributed by atoms with E-state index in [-0.39, 0.29) is 13.1 Å². The van der Waals surface area contributed by atoms with Gasteiger partial charge in [0, 0.05) is 37.5 Å². The van der Waals surface area contributed by atoms with E-state index in [0.717, 1.165) is 11.1 Å². The van der Waals surface area contributed by atoms with Crippen molar-refractivity contribution in [3.63, 3.8) is 0 Å². The van der Waals surface area contributed by atoms with Crippen molar-refractivity contribution in [3.05, 3.63) is 47.5 Å². The number of methoxy groups -OCH3 is 3. The highest BCUT2D eigenvalue weighted by Gasteiger charge is 2.33. The molecule has 0 aliphatic carbocycles. The van der Waals surface area contributed by atoms with E-state index in [1.54, 1.807) is 12.1 Å². The Morgan fingerprint density at radius 3 is 2.16 bits per heavy atom. The molecule has 1 saturated heterocycles. The zero-order valence-electron chi connectivity index (χ0n) is 18.6. The van der Waals surface area contributed by atoms with Gasteiger partial charge in [0.15, 0.2) is 11.5 Å².